The number of hydrogen-bond donors (Lipinski definition) is 1. The molecule has 1 fully saturated rings. The third-order valence-corrected chi connectivity index (χ3v) is 3.17. The molecule has 100 valence electrons. The molecule has 1 aliphatic rings. The van der Waals surface area contributed by atoms with Gasteiger partial charge in [0.1, 0.15) is 5.54 Å². The highest BCUT2D eigenvalue weighted by Crippen LogP contribution is 2.49. The van der Waals surface area contributed by atoms with Gasteiger partial charge in [-0.2, -0.15) is 13.2 Å². The summed E-state index contributed by atoms with van der Waals surface area (Å²) in [5, 5.41) is 2.40. The van der Waals surface area contributed by atoms with Gasteiger partial charge >= 0.3 is 6.18 Å². The normalized spacial score (nSPS) is 17.6. The van der Waals surface area contributed by atoms with E-state index in [1.165, 1.54) is 19.2 Å². The summed E-state index contributed by atoms with van der Waals surface area (Å²) in [4.78, 5) is 0. The van der Waals surface area contributed by atoms with E-state index >= 15 is 0 Å². The first-order valence-electron chi connectivity index (χ1n) is 5.53. The summed E-state index contributed by atoms with van der Waals surface area (Å²) in [6.45, 7) is -0.164. The summed E-state index contributed by atoms with van der Waals surface area (Å²) in [7, 11) is 1.31. The summed E-state index contributed by atoms with van der Waals surface area (Å²) in [5.41, 5.74) is -1.66. The summed E-state index contributed by atoms with van der Waals surface area (Å²) in [6, 6.07) is 4.42. The van der Waals surface area contributed by atoms with Gasteiger partial charge < -0.3 is 4.74 Å². The predicted octanol–water partition coefficient (Wildman–Crippen LogP) is 3.02. The molecule has 0 saturated heterocycles. The Kier molecular flexibility index (Phi) is 3.23. The SMILES string of the molecule is COc1cccc(CNC2(C(F)(F)F)CC2)c1F. The van der Waals surface area contributed by atoms with Crippen LogP contribution < -0.4 is 10.1 Å². The van der Waals surface area contributed by atoms with Crippen molar-refractivity contribution in [3.8, 4) is 5.75 Å². The molecule has 1 aromatic carbocycles. The average Bonchev–Trinajstić information content (AvgIpc) is 3.08. The molecule has 0 aliphatic heterocycles. The van der Waals surface area contributed by atoms with E-state index in [0.717, 1.165) is 0 Å². The van der Waals surface area contributed by atoms with Gasteiger partial charge in [-0.15, -0.1) is 0 Å². The minimum Gasteiger partial charge on any atom is -0.494 e. The second-order valence-corrected chi connectivity index (χ2v) is 4.37. The predicted molar refractivity (Wildman–Crippen MR) is 57.8 cm³/mol. The van der Waals surface area contributed by atoms with Crippen molar-refractivity contribution in [1.29, 1.82) is 0 Å². The molecule has 2 nitrogen and oxygen atoms in total. The van der Waals surface area contributed by atoms with Crippen molar-refractivity contribution in [3.05, 3.63) is 29.6 Å². The number of benzene rings is 1. The van der Waals surface area contributed by atoms with Gasteiger partial charge in [0.25, 0.3) is 0 Å². The highest BCUT2D eigenvalue weighted by atomic mass is 19.4. The van der Waals surface area contributed by atoms with Crippen LogP contribution in [0.3, 0.4) is 0 Å². The highest BCUT2D eigenvalue weighted by molar-refractivity contribution is 5.31. The van der Waals surface area contributed by atoms with Crippen LogP contribution in [-0.2, 0) is 6.54 Å². The maximum atomic E-state index is 13.7. The van der Waals surface area contributed by atoms with Crippen LogP contribution in [0.5, 0.6) is 5.75 Å². The van der Waals surface area contributed by atoms with Crippen molar-refractivity contribution in [1.82, 2.24) is 5.32 Å². The Balaban J connectivity index is 2.08. The molecule has 1 saturated carbocycles. The van der Waals surface area contributed by atoms with E-state index in [4.69, 9.17) is 4.74 Å². The molecule has 1 N–H and O–H groups in total. The zero-order valence-electron chi connectivity index (χ0n) is 9.77. The van der Waals surface area contributed by atoms with Crippen molar-refractivity contribution in [2.75, 3.05) is 7.11 Å². The molecule has 0 spiro atoms. The molecule has 0 atom stereocenters. The standard InChI is InChI=1S/C12H13F4NO/c1-18-9-4-2-3-8(10(9)13)7-17-11(5-6-11)12(14,15)16/h2-4,17H,5-7H2,1H3. The number of hydrogen-bond acceptors (Lipinski definition) is 2. The molecule has 18 heavy (non-hydrogen) atoms. The van der Waals surface area contributed by atoms with E-state index < -0.39 is 17.5 Å². The van der Waals surface area contributed by atoms with Gasteiger partial charge in [-0.05, 0) is 18.9 Å². The molecule has 1 aliphatic carbocycles. The lowest BCUT2D eigenvalue weighted by Crippen LogP contribution is -2.44. The maximum absolute atomic E-state index is 13.7. The lowest BCUT2D eigenvalue weighted by atomic mass is 10.1. The van der Waals surface area contributed by atoms with E-state index in [1.54, 1.807) is 6.07 Å². The fraction of sp³-hybridized carbons (Fsp3) is 0.500. The van der Waals surface area contributed by atoms with E-state index in [1.807, 2.05) is 0 Å². The molecule has 0 aromatic heterocycles. The molecule has 0 unspecified atom stereocenters. The topological polar surface area (TPSA) is 21.3 Å². The Bertz CT molecular complexity index is 440. The van der Waals surface area contributed by atoms with Gasteiger partial charge in [-0.1, -0.05) is 12.1 Å². The zero-order valence-corrected chi connectivity index (χ0v) is 9.77. The van der Waals surface area contributed by atoms with Crippen LogP contribution in [-0.4, -0.2) is 18.8 Å². The second-order valence-electron chi connectivity index (χ2n) is 4.37. The molecule has 6 heteroatoms. The molecule has 0 radical (unpaired) electrons. The lowest BCUT2D eigenvalue weighted by molar-refractivity contribution is -0.166. The molecule has 1 aromatic rings. The van der Waals surface area contributed by atoms with Crippen molar-refractivity contribution in [2.45, 2.75) is 31.1 Å². The number of nitrogens with one attached hydrogen (secondary N) is 1. The van der Waals surface area contributed by atoms with Crippen LogP contribution in [0.25, 0.3) is 0 Å². The quantitative estimate of drug-likeness (QED) is 0.843. The number of alkyl halides is 3. The molecule has 0 amide bonds. The Morgan fingerprint density at radius 1 is 1.33 bits per heavy atom. The fourth-order valence-electron chi connectivity index (χ4n) is 1.80. The van der Waals surface area contributed by atoms with Crippen LogP contribution in [0.15, 0.2) is 18.2 Å². The van der Waals surface area contributed by atoms with E-state index in [0.29, 0.717) is 0 Å². The van der Waals surface area contributed by atoms with Crippen LogP contribution in [0.2, 0.25) is 0 Å². The maximum Gasteiger partial charge on any atom is 0.406 e. The lowest BCUT2D eigenvalue weighted by Gasteiger charge is -2.21. The number of methoxy groups -OCH3 is 1. The van der Waals surface area contributed by atoms with E-state index in [-0.39, 0.29) is 30.7 Å². The molecular weight excluding hydrogens is 250 g/mol. The first-order chi connectivity index (χ1) is 8.39. The van der Waals surface area contributed by atoms with Crippen LogP contribution >= 0.6 is 0 Å². The minimum atomic E-state index is -4.29. The van der Waals surface area contributed by atoms with Crippen molar-refractivity contribution < 1.29 is 22.3 Å². The van der Waals surface area contributed by atoms with Crippen LogP contribution in [0.1, 0.15) is 18.4 Å². The minimum absolute atomic E-state index is 0.0335. The monoisotopic (exact) mass is 263 g/mol. The fourth-order valence-corrected chi connectivity index (χ4v) is 1.80. The Labute approximate surface area is 102 Å². The molecule has 2 rings (SSSR count). The summed E-state index contributed by atoms with van der Waals surface area (Å²) >= 11 is 0. The van der Waals surface area contributed by atoms with Gasteiger partial charge in [0.05, 0.1) is 7.11 Å². The highest BCUT2D eigenvalue weighted by Gasteiger charge is 2.62. The molecule has 0 bridgehead atoms. The third kappa shape index (κ3) is 2.29. The van der Waals surface area contributed by atoms with Crippen molar-refractivity contribution in [3.63, 3.8) is 0 Å². The van der Waals surface area contributed by atoms with Gasteiger partial charge in [0.15, 0.2) is 11.6 Å². The van der Waals surface area contributed by atoms with Gasteiger partial charge in [-0.3, -0.25) is 5.32 Å². The second kappa shape index (κ2) is 4.42. The first-order valence-corrected chi connectivity index (χ1v) is 5.53. The average molecular weight is 263 g/mol. The number of halogens is 4. The van der Waals surface area contributed by atoms with E-state index in [9.17, 15) is 17.6 Å². The van der Waals surface area contributed by atoms with E-state index in [2.05, 4.69) is 5.32 Å². The smallest absolute Gasteiger partial charge is 0.406 e. The molecular formula is C12H13F4NO. The Morgan fingerprint density at radius 2 is 2.00 bits per heavy atom. The van der Waals surface area contributed by atoms with Gasteiger partial charge in [0, 0.05) is 12.1 Å². The first kappa shape index (κ1) is 13.1. The van der Waals surface area contributed by atoms with Crippen molar-refractivity contribution in [2.24, 2.45) is 0 Å². The van der Waals surface area contributed by atoms with Gasteiger partial charge in [-0.25, -0.2) is 4.39 Å². The summed E-state index contributed by atoms with van der Waals surface area (Å²) in [6.07, 6.45) is -4.20. The largest absolute Gasteiger partial charge is 0.494 e. The Morgan fingerprint density at radius 3 is 2.50 bits per heavy atom. The number of rotatable bonds is 4. The Hall–Kier alpha value is -1.30. The van der Waals surface area contributed by atoms with Gasteiger partial charge in [0.2, 0.25) is 0 Å². The van der Waals surface area contributed by atoms with Crippen LogP contribution in [0, 0.1) is 5.82 Å². The third-order valence-electron chi connectivity index (χ3n) is 3.17. The summed E-state index contributed by atoms with van der Waals surface area (Å²) in [5.74, 6) is -0.586. The van der Waals surface area contributed by atoms with Crippen LogP contribution in [0.4, 0.5) is 17.6 Å². The van der Waals surface area contributed by atoms with Crippen molar-refractivity contribution >= 4 is 0 Å². The summed E-state index contributed by atoms with van der Waals surface area (Å²) < 4.78 is 56.5. The number of ether oxygens (including phenoxy) is 1. The molecule has 0 heterocycles. The zero-order chi connectivity index (χ0) is 13.4.